The number of hydrogen-bond acceptors (Lipinski definition) is 3. The average molecular weight is 262 g/mol. The molecule has 1 heterocycles. The molecule has 0 aromatic carbocycles. The van der Waals surface area contributed by atoms with Crippen molar-refractivity contribution < 1.29 is 23.1 Å². The van der Waals surface area contributed by atoms with Gasteiger partial charge in [-0.3, -0.25) is 9.78 Å². The number of pyridine rings is 1. The Kier molecular flexibility index (Phi) is 4.66. The Morgan fingerprint density at radius 3 is 2.78 bits per heavy atom. The van der Waals surface area contributed by atoms with Crippen molar-refractivity contribution in [3.8, 4) is 0 Å². The summed E-state index contributed by atoms with van der Waals surface area (Å²) in [4.78, 5) is 15.0. The molecule has 0 bridgehead atoms. The van der Waals surface area contributed by atoms with E-state index in [1.807, 2.05) is 0 Å². The van der Waals surface area contributed by atoms with E-state index in [9.17, 15) is 18.0 Å². The molecule has 0 aliphatic rings. The van der Waals surface area contributed by atoms with Crippen LogP contribution in [0.15, 0.2) is 18.3 Å². The highest BCUT2D eigenvalue weighted by atomic mass is 19.4. The van der Waals surface area contributed by atoms with Crippen LogP contribution in [0, 0.1) is 0 Å². The van der Waals surface area contributed by atoms with Crippen LogP contribution in [0.25, 0.3) is 0 Å². The van der Waals surface area contributed by atoms with E-state index in [4.69, 9.17) is 5.11 Å². The van der Waals surface area contributed by atoms with Gasteiger partial charge in [0.2, 0.25) is 0 Å². The fraction of sp³-hybridized carbons (Fsp3) is 0.455. The normalized spacial score (nSPS) is 13.2. The van der Waals surface area contributed by atoms with Crippen LogP contribution in [-0.2, 0) is 6.18 Å². The van der Waals surface area contributed by atoms with Crippen LogP contribution in [0.4, 0.5) is 13.2 Å². The van der Waals surface area contributed by atoms with Gasteiger partial charge in [0.15, 0.2) is 0 Å². The zero-order valence-electron chi connectivity index (χ0n) is 9.66. The maximum Gasteiger partial charge on any atom is 0.418 e. The van der Waals surface area contributed by atoms with Crippen LogP contribution in [0.2, 0.25) is 0 Å². The number of rotatable bonds is 4. The fourth-order valence-corrected chi connectivity index (χ4v) is 1.29. The second-order valence-corrected chi connectivity index (χ2v) is 3.79. The summed E-state index contributed by atoms with van der Waals surface area (Å²) in [5.74, 6) is -0.899. The number of aromatic nitrogens is 1. The molecule has 100 valence electrons. The Labute approximate surface area is 102 Å². The molecule has 1 aromatic heterocycles. The van der Waals surface area contributed by atoms with E-state index in [2.05, 4.69) is 10.3 Å². The molecule has 1 aromatic rings. The summed E-state index contributed by atoms with van der Waals surface area (Å²) < 4.78 is 37.8. The lowest BCUT2D eigenvalue weighted by atomic mass is 10.1. The minimum atomic E-state index is -4.62. The Hall–Kier alpha value is -1.63. The van der Waals surface area contributed by atoms with Gasteiger partial charge in [0.1, 0.15) is 5.69 Å². The highest BCUT2D eigenvalue weighted by Gasteiger charge is 2.35. The molecule has 18 heavy (non-hydrogen) atoms. The molecule has 0 spiro atoms. The van der Waals surface area contributed by atoms with Gasteiger partial charge in [-0.25, -0.2) is 0 Å². The monoisotopic (exact) mass is 262 g/mol. The number of nitrogens with one attached hydrogen (secondary N) is 1. The third-order valence-electron chi connectivity index (χ3n) is 2.18. The van der Waals surface area contributed by atoms with Gasteiger partial charge < -0.3 is 10.4 Å². The van der Waals surface area contributed by atoms with Crippen LogP contribution in [-0.4, -0.2) is 28.6 Å². The molecule has 1 unspecified atom stereocenters. The van der Waals surface area contributed by atoms with Crippen molar-refractivity contribution in [2.75, 3.05) is 6.54 Å². The molecule has 0 aliphatic heterocycles. The number of hydrogen-bond donors (Lipinski definition) is 2. The van der Waals surface area contributed by atoms with E-state index in [0.29, 0.717) is 0 Å². The third kappa shape index (κ3) is 3.99. The van der Waals surface area contributed by atoms with E-state index >= 15 is 0 Å². The number of alkyl halides is 3. The molecule has 0 saturated heterocycles. The molecule has 1 rings (SSSR count). The number of aliphatic hydroxyl groups excluding tert-OH is 1. The first-order valence-corrected chi connectivity index (χ1v) is 5.31. The summed E-state index contributed by atoms with van der Waals surface area (Å²) in [5.41, 5.74) is -1.73. The van der Waals surface area contributed by atoms with Crippen LogP contribution in [0.3, 0.4) is 0 Å². The lowest BCUT2D eigenvalue weighted by Gasteiger charge is -2.11. The second kappa shape index (κ2) is 5.81. The van der Waals surface area contributed by atoms with Gasteiger partial charge in [-0.1, -0.05) is 0 Å². The van der Waals surface area contributed by atoms with Gasteiger partial charge in [0.05, 0.1) is 11.7 Å². The van der Waals surface area contributed by atoms with Crippen LogP contribution in [0.1, 0.15) is 29.4 Å². The van der Waals surface area contributed by atoms with Gasteiger partial charge in [0.25, 0.3) is 5.91 Å². The SMILES string of the molecule is CC(O)CCNC(=O)c1ncccc1C(F)(F)F. The molecule has 0 saturated carbocycles. The highest BCUT2D eigenvalue weighted by molar-refractivity contribution is 5.93. The molecule has 2 N–H and O–H groups in total. The zero-order valence-corrected chi connectivity index (χ0v) is 9.66. The predicted molar refractivity (Wildman–Crippen MR) is 57.9 cm³/mol. The Balaban J connectivity index is 2.80. The number of nitrogens with zero attached hydrogens (tertiary/aromatic N) is 1. The van der Waals surface area contributed by atoms with Crippen molar-refractivity contribution in [3.63, 3.8) is 0 Å². The van der Waals surface area contributed by atoms with Gasteiger partial charge in [-0.05, 0) is 25.5 Å². The predicted octanol–water partition coefficient (Wildman–Crippen LogP) is 1.60. The topological polar surface area (TPSA) is 62.2 Å². The van der Waals surface area contributed by atoms with Crippen molar-refractivity contribution in [1.82, 2.24) is 10.3 Å². The molecular weight excluding hydrogens is 249 g/mol. The quantitative estimate of drug-likeness (QED) is 0.866. The summed E-state index contributed by atoms with van der Waals surface area (Å²) in [6, 6.07) is 1.92. The Morgan fingerprint density at radius 1 is 1.56 bits per heavy atom. The lowest BCUT2D eigenvalue weighted by molar-refractivity contribution is -0.138. The van der Waals surface area contributed by atoms with Gasteiger partial charge in [0, 0.05) is 12.7 Å². The first kappa shape index (κ1) is 14.4. The number of aliphatic hydroxyl groups is 1. The molecular formula is C11H13F3N2O2. The molecule has 1 atom stereocenters. The highest BCUT2D eigenvalue weighted by Crippen LogP contribution is 2.30. The van der Waals surface area contributed by atoms with E-state index in [0.717, 1.165) is 18.3 Å². The molecule has 4 nitrogen and oxygen atoms in total. The van der Waals surface area contributed by atoms with Crippen molar-refractivity contribution >= 4 is 5.91 Å². The van der Waals surface area contributed by atoms with Crippen molar-refractivity contribution in [2.24, 2.45) is 0 Å². The molecule has 0 radical (unpaired) electrons. The van der Waals surface area contributed by atoms with Gasteiger partial charge >= 0.3 is 6.18 Å². The van der Waals surface area contributed by atoms with Crippen LogP contribution in [0.5, 0.6) is 0 Å². The minimum absolute atomic E-state index is 0.0877. The van der Waals surface area contributed by atoms with Crippen LogP contribution >= 0.6 is 0 Å². The fourth-order valence-electron chi connectivity index (χ4n) is 1.29. The zero-order chi connectivity index (χ0) is 13.8. The van der Waals surface area contributed by atoms with E-state index < -0.39 is 29.4 Å². The number of amides is 1. The summed E-state index contributed by atoms with van der Waals surface area (Å²) >= 11 is 0. The van der Waals surface area contributed by atoms with E-state index in [-0.39, 0.29) is 13.0 Å². The van der Waals surface area contributed by atoms with Crippen molar-refractivity contribution in [1.29, 1.82) is 0 Å². The Morgan fingerprint density at radius 2 is 2.22 bits per heavy atom. The van der Waals surface area contributed by atoms with Crippen molar-refractivity contribution in [2.45, 2.75) is 25.6 Å². The smallest absolute Gasteiger partial charge is 0.393 e. The maximum atomic E-state index is 12.6. The largest absolute Gasteiger partial charge is 0.418 e. The maximum absolute atomic E-state index is 12.6. The van der Waals surface area contributed by atoms with Crippen molar-refractivity contribution in [3.05, 3.63) is 29.6 Å². The summed E-state index contributed by atoms with van der Waals surface area (Å²) in [6.45, 7) is 1.61. The second-order valence-electron chi connectivity index (χ2n) is 3.79. The van der Waals surface area contributed by atoms with E-state index in [1.54, 1.807) is 0 Å². The first-order chi connectivity index (χ1) is 8.32. The summed E-state index contributed by atoms with van der Waals surface area (Å²) in [6.07, 6.45) is -3.86. The minimum Gasteiger partial charge on any atom is -0.393 e. The van der Waals surface area contributed by atoms with E-state index in [1.165, 1.54) is 6.92 Å². The lowest BCUT2D eigenvalue weighted by Crippen LogP contribution is -2.29. The number of halogens is 3. The summed E-state index contributed by atoms with van der Waals surface area (Å²) in [7, 11) is 0. The Bertz CT molecular complexity index is 419. The third-order valence-corrected chi connectivity index (χ3v) is 2.18. The van der Waals surface area contributed by atoms with Crippen LogP contribution < -0.4 is 5.32 Å². The molecule has 1 amide bonds. The summed E-state index contributed by atoms with van der Waals surface area (Å²) in [5, 5.41) is 11.3. The first-order valence-electron chi connectivity index (χ1n) is 5.31. The van der Waals surface area contributed by atoms with Gasteiger partial charge in [-0.15, -0.1) is 0 Å². The molecule has 7 heteroatoms. The van der Waals surface area contributed by atoms with Gasteiger partial charge in [-0.2, -0.15) is 13.2 Å². The molecule has 0 aliphatic carbocycles. The standard InChI is InChI=1S/C11H13F3N2O2/c1-7(17)4-6-16-10(18)9-8(11(12,13)14)3-2-5-15-9/h2-3,5,7,17H,4,6H2,1H3,(H,16,18). The average Bonchev–Trinajstić information content (AvgIpc) is 2.27. The number of carbonyl (C=O) groups excluding carboxylic acids is 1. The number of carbonyl (C=O) groups is 1. The molecule has 0 fully saturated rings.